The van der Waals surface area contributed by atoms with Crippen LogP contribution in [0.4, 0.5) is 0 Å². The first-order valence-electron chi connectivity index (χ1n) is 14.5. The second-order valence-electron chi connectivity index (χ2n) is 11.1. The number of ether oxygens (including phenoxy) is 2. The van der Waals surface area contributed by atoms with Crippen LogP contribution >= 0.6 is 11.6 Å². The van der Waals surface area contributed by atoms with Crippen molar-refractivity contribution in [3.8, 4) is 11.4 Å². The van der Waals surface area contributed by atoms with Crippen LogP contribution in [0.25, 0.3) is 17.0 Å². The molecule has 1 N–H and O–H groups in total. The van der Waals surface area contributed by atoms with Gasteiger partial charge in [0.15, 0.2) is 0 Å². The Hall–Kier alpha value is -3.30. The van der Waals surface area contributed by atoms with Crippen LogP contribution in [0.1, 0.15) is 57.9 Å². The molecule has 1 aliphatic heterocycles. The zero-order chi connectivity index (χ0) is 28.8. The molecule has 1 fully saturated rings. The molecule has 218 valence electrons. The second kappa shape index (κ2) is 13.6. The quantitative estimate of drug-likeness (QED) is 0.211. The number of halogens is 1. The minimum absolute atomic E-state index is 0.104. The van der Waals surface area contributed by atoms with Gasteiger partial charge in [-0.1, -0.05) is 80.4 Å². The van der Waals surface area contributed by atoms with E-state index in [1.807, 2.05) is 18.2 Å². The Morgan fingerprint density at radius 3 is 2.76 bits per heavy atom. The minimum Gasteiger partial charge on any atom is -0.463 e. The number of hydrogen-bond donors (Lipinski definition) is 1. The van der Waals surface area contributed by atoms with Gasteiger partial charge >= 0.3 is 5.97 Å². The summed E-state index contributed by atoms with van der Waals surface area (Å²) in [5.74, 6) is 1.60. The standard InChI is InChI=1S/C31H39ClN6O3/c1-4-5-13-28-33-29(32)26(19-41-31(39)23-16-20(2)27(17-23)40-3)38(28)18-21-9-8-10-22(15-14-21)24-11-6-7-12-25(24)30-34-36-37-35-30/h6-8,10-12,14-15,20,23,26-27,29H,4-5,9,13,16-19H2,1-3H3,(H,34,35,36,37). The van der Waals surface area contributed by atoms with Crippen molar-refractivity contribution < 1.29 is 14.3 Å². The van der Waals surface area contributed by atoms with Gasteiger partial charge in [-0.05, 0) is 53.5 Å². The molecule has 10 heteroatoms. The number of amidine groups is 1. The Morgan fingerprint density at radius 1 is 1.20 bits per heavy atom. The van der Waals surface area contributed by atoms with Gasteiger partial charge in [-0.25, -0.2) is 0 Å². The summed E-state index contributed by atoms with van der Waals surface area (Å²) in [4.78, 5) is 20.0. The summed E-state index contributed by atoms with van der Waals surface area (Å²) < 4.78 is 11.4. The number of methoxy groups -OCH3 is 1. The number of benzene rings is 1. The molecule has 1 saturated carbocycles. The smallest absolute Gasteiger partial charge is 0.309 e. The number of carbonyl (C=O) groups is 1. The molecule has 9 nitrogen and oxygen atoms in total. The maximum atomic E-state index is 13.0. The summed E-state index contributed by atoms with van der Waals surface area (Å²) in [7, 11) is 1.71. The van der Waals surface area contributed by atoms with Crippen molar-refractivity contribution in [1.82, 2.24) is 25.5 Å². The molecule has 0 bridgehead atoms. The van der Waals surface area contributed by atoms with E-state index in [9.17, 15) is 4.79 Å². The van der Waals surface area contributed by atoms with E-state index in [1.54, 1.807) is 7.11 Å². The van der Waals surface area contributed by atoms with E-state index in [4.69, 9.17) is 26.1 Å². The average molecular weight is 579 g/mol. The number of aromatic amines is 1. The van der Waals surface area contributed by atoms with Gasteiger partial charge in [0.05, 0.1) is 12.0 Å². The van der Waals surface area contributed by atoms with E-state index in [1.165, 1.54) is 5.57 Å². The molecule has 5 unspecified atom stereocenters. The summed E-state index contributed by atoms with van der Waals surface area (Å²) in [6.07, 6.45) is 14.0. The van der Waals surface area contributed by atoms with Crippen molar-refractivity contribution in [3.05, 3.63) is 59.7 Å². The van der Waals surface area contributed by atoms with Crippen molar-refractivity contribution in [2.75, 3.05) is 20.3 Å². The third-order valence-corrected chi connectivity index (χ3v) is 8.68. The number of alkyl halides is 1. The topological polar surface area (TPSA) is 106 Å². The summed E-state index contributed by atoms with van der Waals surface area (Å²) >= 11 is 6.77. The van der Waals surface area contributed by atoms with Gasteiger partial charge in [0, 0.05) is 25.6 Å². The molecular weight excluding hydrogens is 540 g/mol. The normalized spacial score (nSPS) is 26.0. The van der Waals surface area contributed by atoms with E-state index in [2.05, 4.69) is 69.7 Å². The van der Waals surface area contributed by atoms with Crippen LogP contribution in [-0.2, 0) is 14.3 Å². The summed E-state index contributed by atoms with van der Waals surface area (Å²) in [5.41, 5.74) is 3.80. The third kappa shape index (κ3) is 6.79. The lowest BCUT2D eigenvalue weighted by molar-refractivity contribution is -0.149. The summed E-state index contributed by atoms with van der Waals surface area (Å²) in [6.45, 7) is 5.18. The lowest BCUT2D eigenvalue weighted by Gasteiger charge is -2.30. The van der Waals surface area contributed by atoms with E-state index < -0.39 is 5.50 Å². The fraction of sp³-hybridized carbons (Fsp3) is 0.516. The summed E-state index contributed by atoms with van der Waals surface area (Å²) in [5, 5.41) is 14.6. The zero-order valence-corrected chi connectivity index (χ0v) is 24.8. The maximum absolute atomic E-state index is 13.0. The fourth-order valence-corrected chi connectivity index (χ4v) is 6.29. The van der Waals surface area contributed by atoms with Crippen LogP contribution in [0.3, 0.4) is 0 Å². The molecule has 3 aliphatic rings. The first-order chi connectivity index (χ1) is 20.0. The number of allylic oxidation sites excluding steroid dienone is 5. The lowest BCUT2D eigenvalue weighted by atomic mass is 9.98. The molecule has 1 aromatic heterocycles. The Balaban J connectivity index is 1.31. The predicted molar refractivity (Wildman–Crippen MR) is 160 cm³/mol. The van der Waals surface area contributed by atoms with E-state index in [-0.39, 0.29) is 30.6 Å². The Kier molecular flexibility index (Phi) is 9.67. The van der Waals surface area contributed by atoms with E-state index >= 15 is 0 Å². The molecule has 2 heterocycles. The molecule has 0 saturated heterocycles. The Bertz CT molecular complexity index is 1320. The molecule has 5 rings (SSSR count). The highest BCUT2D eigenvalue weighted by atomic mass is 35.5. The molecule has 1 aromatic carbocycles. The highest BCUT2D eigenvalue weighted by Crippen LogP contribution is 2.34. The highest BCUT2D eigenvalue weighted by Gasteiger charge is 2.39. The SMILES string of the molecule is CCCCC1=NC(Cl)C(COC(=O)C2CC(C)C(OC)C2)N1CC1=CC=C(c2ccccc2-c2nn[nH]n2)C=CC1. The van der Waals surface area contributed by atoms with Gasteiger partial charge < -0.3 is 14.4 Å². The summed E-state index contributed by atoms with van der Waals surface area (Å²) in [6, 6.07) is 7.84. The van der Waals surface area contributed by atoms with Gasteiger partial charge in [-0.15, -0.1) is 10.2 Å². The van der Waals surface area contributed by atoms with Crippen molar-refractivity contribution in [1.29, 1.82) is 0 Å². The molecule has 0 radical (unpaired) electrons. The molecule has 5 atom stereocenters. The van der Waals surface area contributed by atoms with Crippen LogP contribution in [0.2, 0.25) is 0 Å². The Morgan fingerprint density at radius 2 is 2.02 bits per heavy atom. The van der Waals surface area contributed by atoms with Crippen LogP contribution in [0, 0.1) is 11.8 Å². The van der Waals surface area contributed by atoms with E-state index in [0.29, 0.717) is 24.7 Å². The average Bonchev–Trinajstić information content (AvgIpc) is 3.67. The number of carbonyl (C=O) groups excluding carboxylic acids is 1. The number of tetrazole rings is 1. The van der Waals surface area contributed by atoms with Gasteiger partial charge in [0.2, 0.25) is 5.82 Å². The zero-order valence-electron chi connectivity index (χ0n) is 24.0. The second-order valence-corrected chi connectivity index (χ2v) is 11.5. The largest absolute Gasteiger partial charge is 0.463 e. The number of rotatable bonds is 11. The Labute approximate surface area is 246 Å². The van der Waals surface area contributed by atoms with Gasteiger partial charge in [0.1, 0.15) is 24.0 Å². The number of esters is 1. The molecule has 0 amide bonds. The number of nitrogens with zero attached hydrogens (tertiary/aromatic N) is 5. The first kappa shape index (κ1) is 29.2. The highest BCUT2D eigenvalue weighted by molar-refractivity contribution is 6.22. The van der Waals surface area contributed by atoms with Gasteiger partial charge in [-0.3, -0.25) is 9.79 Å². The first-order valence-corrected chi connectivity index (χ1v) is 15.0. The molecule has 41 heavy (non-hydrogen) atoms. The van der Waals surface area contributed by atoms with Crippen molar-refractivity contribution in [3.63, 3.8) is 0 Å². The van der Waals surface area contributed by atoms with Crippen molar-refractivity contribution >= 4 is 29.0 Å². The molecule has 2 aliphatic carbocycles. The third-order valence-electron chi connectivity index (χ3n) is 8.29. The monoisotopic (exact) mass is 578 g/mol. The maximum Gasteiger partial charge on any atom is 0.309 e. The number of nitrogens with one attached hydrogen (secondary N) is 1. The number of H-pyrrole nitrogens is 1. The number of aromatic nitrogens is 4. The number of hydrogen-bond acceptors (Lipinski definition) is 8. The van der Waals surface area contributed by atoms with Crippen LogP contribution in [0.15, 0.2) is 59.1 Å². The number of unbranched alkanes of at least 4 members (excludes halogenated alkanes) is 1. The van der Waals surface area contributed by atoms with Crippen molar-refractivity contribution in [2.24, 2.45) is 16.8 Å². The van der Waals surface area contributed by atoms with Gasteiger partial charge in [-0.2, -0.15) is 5.21 Å². The fourth-order valence-electron chi connectivity index (χ4n) is 5.97. The minimum atomic E-state index is -0.459. The molecule has 0 spiro atoms. The molecule has 2 aromatic rings. The lowest BCUT2D eigenvalue weighted by Crippen LogP contribution is -2.43. The van der Waals surface area contributed by atoms with Crippen molar-refractivity contribution in [2.45, 2.75) is 70.0 Å². The van der Waals surface area contributed by atoms with Crippen LogP contribution in [0.5, 0.6) is 0 Å². The van der Waals surface area contributed by atoms with Gasteiger partial charge in [0.25, 0.3) is 0 Å². The van der Waals surface area contributed by atoms with E-state index in [0.717, 1.165) is 54.6 Å². The number of aliphatic imine (C=N–C) groups is 1. The molecular formula is C31H39ClN6O3. The predicted octanol–water partition coefficient (Wildman–Crippen LogP) is 5.58. The van der Waals surface area contributed by atoms with Crippen LogP contribution < -0.4 is 0 Å². The van der Waals surface area contributed by atoms with Crippen LogP contribution in [-0.4, -0.2) is 75.2 Å².